The quantitative estimate of drug-likeness (QED) is 0.681. The summed E-state index contributed by atoms with van der Waals surface area (Å²) in [6, 6.07) is 0.638. The van der Waals surface area contributed by atoms with Gasteiger partial charge in [-0.05, 0) is 24.8 Å². The summed E-state index contributed by atoms with van der Waals surface area (Å²) in [4.78, 5) is 0. The van der Waals surface area contributed by atoms with E-state index >= 15 is 0 Å². The molecule has 0 unspecified atom stereocenters. The Labute approximate surface area is 81.0 Å². The van der Waals surface area contributed by atoms with Crippen LogP contribution >= 0.6 is 0 Å². The molecule has 0 bridgehead atoms. The number of hydrogen-bond acceptors (Lipinski definition) is 3. The Balaban J connectivity index is 2.17. The van der Waals surface area contributed by atoms with Gasteiger partial charge in [0.1, 0.15) is 0 Å². The van der Waals surface area contributed by atoms with Crippen molar-refractivity contribution in [2.45, 2.75) is 32.7 Å². The largest absolute Gasteiger partial charge is 0.381 e. The molecule has 0 amide bonds. The number of ether oxygens (including phenoxy) is 1. The van der Waals surface area contributed by atoms with Crippen LogP contribution in [0.2, 0.25) is 0 Å². The van der Waals surface area contributed by atoms with Crippen molar-refractivity contribution in [2.24, 2.45) is 11.1 Å². The second kappa shape index (κ2) is 4.94. The Kier molecular flexibility index (Phi) is 4.16. The zero-order valence-corrected chi connectivity index (χ0v) is 8.81. The van der Waals surface area contributed by atoms with Crippen LogP contribution in [0.3, 0.4) is 0 Å². The highest BCUT2D eigenvalue weighted by Gasteiger charge is 2.19. The highest BCUT2D eigenvalue weighted by Crippen LogP contribution is 2.13. The second-order valence-corrected chi connectivity index (χ2v) is 4.64. The van der Waals surface area contributed by atoms with Gasteiger partial charge in [0.15, 0.2) is 0 Å². The zero-order chi connectivity index (χ0) is 9.73. The van der Waals surface area contributed by atoms with E-state index in [2.05, 4.69) is 19.2 Å². The fraction of sp³-hybridized carbons (Fsp3) is 1.00. The first-order valence-corrected chi connectivity index (χ1v) is 5.15. The third kappa shape index (κ3) is 4.07. The van der Waals surface area contributed by atoms with Gasteiger partial charge < -0.3 is 15.8 Å². The standard InChI is InChI=1S/C10H22N2O/c1-10(2,7-11)8-12-9-3-5-13-6-4-9/h9,12H,3-8,11H2,1-2H3. The van der Waals surface area contributed by atoms with E-state index in [1.807, 2.05) is 0 Å². The molecule has 1 aliphatic rings. The molecule has 3 heteroatoms. The molecule has 3 nitrogen and oxygen atoms in total. The number of nitrogens with one attached hydrogen (secondary N) is 1. The lowest BCUT2D eigenvalue weighted by Gasteiger charge is -2.29. The van der Waals surface area contributed by atoms with E-state index in [1.54, 1.807) is 0 Å². The van der Waals surface area contributed by atoms with Gasteiger partial charge in [-0.25, -0.2) is 0 Å². The van der Waals surface area contributed by atoms with Crippen molar-refractivity contribution in [3.8, 4) is 0 Å². The highest BCUT2D eigenvalue weighted by molar-refractivity contribution is 4.77. The Bertz CT molecular complexity index is 142. The molecule has 0 aromatic rings. The maximum atomic E-state index is 5.66. The Morgan fingerprint density at radius 3 is 2.54 bits per heavy atom. The van der Waals surface area contributed by atoms with Crippen molar-refractivity contribution in [1.29, 1.82) is 0 Å². The van der Waals surface area contributed by atoms with E-state index in [0.717, 1.165) is 39.1 Å². The number of rotatable bonds is 4. The molecule has 3 N–H and O–H groups in total. The Morgan fingerprint density at radius 1 is 1.38 bits per heavy atom. The summed E-state index contributed by atoms with van der Waals surface area (Å²) in [6.45, 7) is 7.94. The molecule has 0 spiro atoms. The van der Waals surface area contributed by atoms with Gasteiger partial charge in [0.25, 0.3) is 0 Å². The predicted molar refractivity (Wildman–Crippen MR) is 54.7 cm³/mol. The molecule has 1 aliphatic heterocycles. The van der Waals surface area contributed by atoms with Gasteiger partial charge in [0.2, 0.25) is 0 Å². The molecular weight excluding hydrogens is 164 g/mol. The predicted octanol–water partition coefficient (Wildman–Crippen LogP) is 0.740. The van der Waals surface area contributed by atoms with Crippen LogP contribution in [0.5, 0.6) is 0 Å². The van der Waals surface area contributed by atoms with Crippen molar-refractivity contribution >= 4 is 0 Å². The number of nitrogens with two attached hydrogens (primary N) is 1. The monoisotopic (exact) mass is 186 g/mol. The van der Waals surface area contributed by atoms with E-state index in [-0.39, 0.29) is 5.41 Å². The lowest BCUT2D eigenvalue weighted by molar-refractivity contribution is 0.0753. The number of hydrogen-bond donors (Lipinski definition) is 2. The van der Waals surface area contributed by atoms with Gasteiger partial charge in [0.05, 0.1) is 0 Å². The van der Waals surface area contributed by atoms with Gasteiger partial charge in [-0.3, -0.25) is 0 Å². The lowest BCUT2D eigenvalue weighted by Crippen LogP contribution is -2.42. The summed E-state index contributed by atoms with van der Waals surface area (Å²) in [7, 11) is 0. The first kappa shape index (κ1) is 11.0. The van der Waals surface area contributed by atoms with Gasteiger partial charge in [-0.2, -0.15) is 0 Å². The van der Waals surface area contributed by atoms with Crippen LogP contribution in [0.4, 0.5) is 0 Å². The smallest absolute Gasteiger partial charge is 0.0480 e. The summed E-state index contributed by atoms with van der Waals surface area (Å²) in [6.07, 6.45) is 2.28. The maximum Gasteiger partial charge on any atom is 0.0480 e. The second-order valence-electron chi connectivity index (χ2n) is 4.64. The van der Waals surface area contributed by atoms with Gasteiger partial charge in [-0.15, -0.1) is 0 Å². The third-order valence-corrected chi connectivity index (χ3v) is 2.64. The minimum Gasteiger partial charge on any atom is -0.381 e. The molecule has 78 valence electrons. The molecule has 0 saturated carbocycles. The van der Waals surface area contributed by atoms with E-state index in [9.17, 15) is 0 Å². The fourth-order valence-corrected chi connectivity index (χ4v) is 1.39. The van der Waals surface area contributed by atoms with Crippen LogP contribution in [-0.2, 0) is 4.74 Å². The lowest BCUT2D eigenvalue weighted by atomic mass is 9.93. The minimum absolute atomic E-state index is 0.221. The van der Waals surface area contributed by atoms with Crippen molar-refractivity contribution in [2.75, 3.05) is 26.3 Å². The van der Waals surface area contributed by atoms with Crippen LogP contribution in [0.25, 0.3) is 0 Å². The highest BCUT2D eigenvalue weighted by atomic mass is 16.5. The molecule has 1 saturated heterocycles. The van der Waals surface area contributed by atoms with Crippen molar-refractivity contribution in [3.63, 3.8) is 0 Å². The summed E-state index contributed by atoms with van der Waals surface area (Å²) >= 11 is 0. The fourth-order valence-electron chi connectivity index (χ4n) is 1.39. The molecule has 0 atom stereocenters. The third-order valence-electron chi connectivity index (χ3n) is 2.64. The molecule has 0 aliphatic carbocycles. The van der Waals surface area contributed by atoms with Gasteiger partial charge >= 0.3 is 0 Å². The van der Waals surface area contributed by atoms with Crippen LogP contribution in [0.1, 0.15) is 26.7 Å². The summed E-state index contributed by atoms with van der Waals surface area (Å²) in [5.41, 5.74) is 5.88. The van der Waals surface area contributed by atoms with Crippen molar-refractivity contribution < 1.29 is 4.74 Å². The average Bonchev–Trinajstić information content (AvgIpc) is 2.17. The van der Waals surface area contributed by atoms with E-state index in [0.29, 0.717) is 6.04 Å². The van der Waals surface area contributed by atoms with Crippen LogP contribution < -0.4 is 11.1 Å². The molecule has 13 heavy (non-hydrogen) atoms. The molecule has 1 fully saturated rings. The van der Waals surface area contributed by atoms with E-state index in [1.165, 1.54) is 0 Å². The Hall–Kier alpha value is -0.120. The SMILES string of the molecule is CC(C)(CN)CNC1CCOCC1. The molecule has 0 aromatic carbocycles. The van der Waals surface area contributed by atoms with Crippen molar-refractivity contribution in [1.82, 2.24) is 5.32 Å². The van der Waals surface area contributed by atoms with Crippen LogP contribution in [0.15, 0.2) is 0 Å². The van der Waals surface area contributed by atoms with E-state index < -0.39 is 0 Å². The summed E-state index contributed by atoms with van der Waals surface area (Å²) in [5, 5.41) is 3.55. The van der Waals surface area contributed by atoms with E-state index in [4.69, 9.17) is 10.5 Å². The maximum absolute atomic E-state index is 5.66. The van der Waals surface area contributed by atoms with Gasteiger partial charge in [0, 0.05) is 25.8 Å². The first-order valence-electron chi connectivity index (χ1n) is 5.15. The molecular formula is C10H22N2O. The topological polar surface area (TPSA) is 47.3 Å². The normalized spacial score (nSPS) is 20.5. The molecule has 0 radical (unpaired) electrons. The average molecular weight is 186 g/mol. The summed E-state index contributed by atoms with van der Waals surface area (Å²) < 4.78 is 5.29. The molecule has 0 aromatic heterocycles. The molecule has 1 rings (SSSR count). The summed E-state index contributed by atoms with van der Waals surface area (Å²) in [5.74, 6) is 0. The first-order chi connectivity index (χ1) is 6.14. The zero-order valence-electron chi connectivity index (χ0n) is 8.81. The van der Waals surface area contributed by atoms with Gasteiger partial charge in [-0.1, -0.05) is 13.8 Å². The minimum atomic E-state index is 0.221. The van der Waals surface area contributed by atoms with Crippen LogP contribution in [-0.4, -0.2) is 32.3 Å². The Morgan fingerprint density at radius 2 is 2.00 bits per heavy atom. The van der Waals surface area contributed by atoms with Crippen molar-refractivity contribution in [3.05, 3.63) is 0 Å². The van der Waals surface area contributed by atoms with Crippen LogP contribution in [0, 0.1) is 5.41 Å². The molecule has 1 heterocycles.